The zero-order valence-corrected chi connectivity index (χ0v) is 16.1. The van der Waals surface area contributed by atoms with Crippen LogP contribution >= 0.6 is 34.8 Å². The van der Waals surface area contributed by atoms with Gasteiger partial charge in [-0.3, -0.25) is 0 Å². The Kier molecular flexibility index (Phi) is 7.36. The first-order valence-electron chi connectivity index (χ1n) is 8.02. The van der Waals surface area contributed by atoms with E-state index in [0.717, 1.165) is 25.7 Å². The third-order valence-corrected chi connectivity index (χ3v) is 4.56. The third-order valence-electron chi connectivity index (χ3n) is 3.62. The molecule has 0 unspecified atom stereocenters. The first-order valence-corrected chi connectivity index (χ1v) is 9.16. The molecule has 0 radical (unpaired) electrons. The number of rotatable bonds is 7. The van der Waals surface area contributed by atoms with Crippen LogP contribution in [0.25, 0.3) is 11.3 Å². The molecule has 0 amide bonds. The van der Waals surface area contributed by atoms with Gasteiger partial charge in [0.25, 0.3) is 0 Å². The molecule has 0 atom stereocenters. The van der Waals surface area contributed by atoms with Crippen LogP contribution in [0.3, 0.4) is 0 Å². The molecular weight excluding hydrogens is 383 g/mol. The minimum Gasteiger partial charge on any atom is -0.461 e. The number of hydrogen-bond acceptors (Lipinski definition) is 4. The van der Waals surface area contributed by atoms with E-state index in [1.807, 2.05) is 0 Å². The molecule has 4 nitrogen and oxygen atoms in total. The zero-order valence-electron chi connectivity index (χ0n) is 13.8. The van der Waals surface area contributed by atoms with Gasteiger partial charge in [0.05, 0.1) is 28.0 Å². The molecular formula is C18H19Cl3N2O2. The Bertz CT molecular complexity index is 766. The fourth-order valence-electron chi connectivity index (χ4n) is 2.28. The fraction of sp³-hybridized carbons (Fsp3) is 0.333. The van der Waals surface area contributed by atoms with Gasteiger partial charge in [-0.2, -0.15) is 0 Å². The highest BCUT2D eigenvalue weighted by Crippen LogP contribution is 2.33. The second-order valence-electron chi connectivity index (χ2n) is 5.58. The van der Waals surface area contributed by atoms with Crippen molar-refractivity contribution in [3.8, 4) is 11.3 Å². The summed E-state index contributed by atoms with van der Waals surface area (Å²) in [6.07, 6.45) is 4.03. The average Bonchev–Trinajstić information content (AvgIpc) is 2.57. The summed E-state index contributed by atoms with van der Waals surface area (Å²) in [7, 11) is 0. The van der Waals surface area contributed by atoms with Crippen LogP contribution in [0.5, 0.6) is 0 Å². The summed E-state index contributed by atoms with van der Waals surface area (Å²) in [5.74, 6) is -0.597. The molecule has 134 valence electrons. The Morgan fingerprint density at radius 2 is 1.92 bits per heavy atom. The van der Waals surface area contributed by atoms with Gasteiger partial charge in [-0.15, -0.1) is 0 Å². The molecule has 25 heavy (non-hydrogen) atoms. The predicted octanol–water partition coefficient (Wildman–Crippen LogP) is 6.03. The number of pyridine rings is 1. The number of carbonyl (C=O) groups is 1. The maximum atomic E-state index is 12.3. The SMILES string of the molecule is CCCCCCOC(=O)c1nc(-c2ccc(Cl)cc2Cl)cc(N)c1Cl. The summed E-state index contributed by atoms with van der Waals surface area (Å²) in [4.78, 5) is 16.6. The second-order valence-corrected chi connectivity index (χ2v) is 6.80. The molecule has 0 aliphatic rings. The molecule has 7 heteroatoms. The molecule has 1 aromatic carbocycles. The molecule has 0 aliphatic heterocycles. The lowest BCUT2D eigenvalue weighted by atomic mass is 10.1. The number of esters is 1. The van der Waals surface area contributed by atoms with Crippen LogP contribution in [0.15, 0.2) is 24.3 Å². The van der Waals surface area contributed by atoms with Crippen molar-refractivity contribution in [1.82, 2.24) is 4.98 Å². The first kappa shape index (κ1) is 19.8. The molecule has 0 spiro atoms. The van der Waals surface area contributed by atoms with E-state index in [-0.39, 0.29) is 16.4 Å². The lowest BCUT2D eigenvalue weighted by molar-refractivity contribution is 0.0491. The van der Waals surface area contributed by atoms with E-state index in [0.29, 0.717) is 27.9 Å². The standard InChI is InChI=1S/C18H19Cl3N2O2/c1-2-3-4-5-8-25-18(24)17-16(21)14(22)10-15(23-17)12-7-6-11(19)9-13(12)20/h6-7,9-10H,2-5,8H2,1H3,(H2,22,23). The molecule has 0 saturated carbocycles. The van der Waals surface area contributed by atoms with E-state index in [1.54, 1.807) is 24.3 Å². The van der Waals surface area contributed by atoms with Crippen molar-refractivity contribution in [2.45, 2.75) is 32.6 Å². The number of aromatic nitrogens is 1. The maximum Gasteiger partial charge on any atom is 0.358 e. The quantitative estimate of drug-likeness (QED) is 0.454. The Morgan fingerprint density at radius 3 is 2.60 bits per heavy atom. The lowest BCUT2D eigenvalue weighted by Gasteiger charge is -2.11. The summed E-state index contributed by atoms with van der Waals surface area (Å²) < 4.78 is 5.26. The fourth-order valence-corrected chi connectivity index (χ4v) is 2.96. The van der Waals surface area contributed by atoms with Gasteiger partial charge >= 0.3 is 5.97 Å². The number of halogens is 3. The highest BCUT2D eigenvalue weighted by atomic mass is 35.5. The number of benzene rings is 1. The minimum atomic E-state index is -0.597. The summed E-state index contributed by atoms with van der Waals surface area (Å²) in [5, 5.41) is 0.982. The maximum absolute atomic E-state index is 12.3. The van der Waals surface area contributed by atoms with Crippen molar-refractivity contribution < 1.29 is 9.53 Å². The van der Waals surface area contributed by atoms with Gasteiger partial charge in [0.15, 0.2) is 5.69 Å². The topological polar surface area (TPSA) is 65.2 Å². The van der Waals surface area contributed by atoms with Gasteiger partial charge in [0, 0.05) is 10.6 Å². The number of hydrogen-bond donors (Lipinski definition) is 1. The van der Waals surface area contributed by atoms with Crippen molar-refractivity contribution in [1.29, 1.82) is 0 Å². The largest absolute Gasteiger partial charge is 0.461 e. The summed E-state index contributed by atoms with van der Waals surface area (Å²) >= 11 is 18.2. The second kappa shape index (κ2) is 9.27. The summed E-state index contributed by atoms with van der Waals surface area (Å²) in [6.45, 7) is 2.44. The molecule has 2 rings (SSSR count). The van der Waals surface area contributed by atoms with Gasteiger partial charge in [-0.05, 0) is 30.7 Å². The van der Waals surface area contributed by atoms with Crippen molar-refractivity contribution in [3.05, 3.63) is 45.0 Å². The smallest absolute Gasteiger partial charge is 0.358 e. The highest BCUT2D eigenvalue weighted by Gasteiger charge is 2.19. The van der Waals surface area contributed by atoms with Crippen LogP contribution < -0.4 is 5.73 Å². The van der Waals surface area contributed by atoms with Crippen LogP contribution in [0.1, 0.15) is 43.1 Å². The number of nitrogen functional groups attached to an aromatic ring is 1. The van der Waals surface area contributed by atoms with Gasteiger partial charge in [0.1, 0.15) is 0 Å². The van der Waals surface area contributed by atoms with Gasteiger partial charge in [-0.1, -0.05) is 61.0 Å². The number of unbranched alkanes of at least 4 members (excludes halogenated alkanes) is 3. The molecule has 1 heterocycles. The van der Waals surface area contributed by atoms with Crippen molar-refractivity contribution in [2.24, 2.45) is 0 Å². The number of ether oxygens (including phenoxy) is 1. The number of anilines is 1. The normalized spacial score (nSPS) is 10.7. The van der Waals surface area contributed by atoms with E-state index in [4.69, 9.17) is 45.3 Å². The van der Waals surface area contributed by atoms with Crippen LogP contribution in [-0.4, -0.2) is 17.6 Å². The van der Waals surface area contributed by atoms with Crippen molar-refractivity contribution >= 4 is 46.5 Å². The molecule has 0 saturated heterocycles. The lowest BCUT2D eigenvalue weighted by Crippen LogP contribution is -2.11. The Balaban J connectivity index is 2.24. The molecule has 2 N–H and O–H groups in total. The van der Waals surface area contributed by atoms with Crippen molar-refractivity contribution in [2.75, 3.05) is 12.3 Å². The van der Waals surface area contributed by atoms with E-state index in [2.05, 4.69) is 11.9 Å². The van der Waals surface area contributed by atoms with E-state index >= 15 is 0 Å². The van der Waals surface area contributed by atoms with Gasteiger partial charge in [0.2, 0.25) is 0 Å². The Morgan fingerprint density at radius 1 is 1.16 bits per heavy atom. The first-order chi connectivity index (χ1) is 11.9. The van der Waals surface area contributed by atoms with E-state index in [1.165, 1.54) is 0 Å². The average molecular weight is 402 g/mol. The van der Waals surface area contributed by atoms with E-state index < -0.39 is 5.97 Å². The Labute approximate surface area is 162 Å². The van der Waals surface area contributed by atoms with Crippen LogP contribution in [0.2, 0.25) is 15.1 Å². The monoisotopic (exact) mass is 400 g/mol. The van der Waals surface area contributed by atoms with E-state index in [9.17, 15) is 4.79 Å². The highest BCUT2D eigenvalue weighted by molar-refractivity contribution is 6.37. The number of carbonyl (C=O) groups excluding carboxylic acids is 1. The van der Waals surface area contributed by atoms with Crippen LogP contribution in [0.4, 0.5) is 5.69 Å². The summed E-state index contributed by atoms with van der Waals surface area (Å²) in [5.41, 5.74) is 7.17. The summed E-state index contributed by atoms with van der Waals surface area (Å²) in [6, 6.07) is 6.55. The molecule has 0 bridgehead atoms. The zero-order chi connectivity index (χ0) is 18.4. The van der Waals surface area contributed by atoms with Gasteiger partial charge < -0.3 is 10.5 Å². The third kappa shape index (κ3) is 5.24. The molecule has 2 aromatic rings. The molecule has 1 aromatic heterocycles. The van der Waals surface area contributed by atoms with Gasteiger partial charge in [-0.25, -0.2) is 9.78 Å². The molecule has 0 fully saturated rings. The van der Waals surface area contributed by atoms with Crippen LogP contribution in [0, 0.1) is 0 Å². The Hall–Kier alpha value is -1.49. The number of nitrogens with zero attached hydrogens (tertiary/aromatic N) is 1. The van der Waals surface area contributed by atoms with Crippen molar-refractivity contribution in [3.63, 3.8) is 0 Å². The molecule has 0 aliphatic carbocycles. The predicted molar refractivity (Wildman–Crippen MR) is 104 cm³/mol. The number of nitrogens with two attached hydrogens (primary N) is 1. The van der Waals surface area contributed by atoms with Crippen LogP contribution in [-0.2, 0) is 4.74 Å². The minimum absolute atomic E-state index is 0.0156.